The lowest BCUT2D eigenvalue weighted by atomic mass is 10.1. The molecule has 18 heavy (non-hydrogen) atoms. The molecule has 0 saturated heterocycles. The third-order valence-electron chi connectivity index (χ3n) is 2.74. The molecule has 4 nitrogen and oxygen atoms in total. The van der Waals surface area contributed by atoms with Gasteiger partial charge in [0, 0.05) is 11.3 Å². The summed E-state index contributed by atoms with van der Waals surface area (Å²) >= 11 is 0. The highest BCUT2D eigenvalue weighted by Crippen LogP contribution is 2.16. The van der Waals surface area contributed by atoms with Crippen molar-refractivity contribution >= 4 is 15.5 Å². The molecule has 1 atom stereocenters. The van der Waals surface area contributed by atoms with E-state index in [1.54, 1.807) is 6.92 Å². The topological polar surface area (TPSA) is 66.7 Å². The van der Waals surface area contributed by atoms with Crippen molar-refractivity contribution in [3.63, 3.8) is 0 Å². The predicted octanol–water partition coefficient (Wildman–Crippen LogP) is 2.22. The van der Waals surface area contributed by atoms with Crippen molar-refractivity contribution in [1.82, 2.24) is 0 Å². The lowest BCUT2D eigenvalue weighted by Crippen LogP contribution is -2.32. The van der Waals surface area contributed by atoms with Gasteiger partial charge < -0.3 is 5.21 Å². The summed E-state index contributed by atoms with van der Waals surface area (Å²) in [6.07, 6.45) is 0.270. The summed E-state index contributed by atoms with van der Waals surface area (Å²) in [6, 6.07) is 5.36. The van der Waals surface area contributed by atoms with Crippen LogP contribution in [0.1, 0.15) is 25.8 Å². The zero-order chi connectivity index (χ0) is 13.8. The summed E-state index contributed by atoms with van der Waals surface area (Å²) < 4.78 is 36.9. The van der Waals surface area contributed by atoms with Crippen molar-refractivity contribution in [2.45, 2.75) is 25.5 Å². The van der Waals surface area contributed by atoms with Crippen LogP contribution in [-0.4, -0.2) is 30.3 Å². The van der Waals surface area contributed by atoms with Crippen LogP contribution in [0.15, 0.2) is 29.4 Å². The van der Waals surface area contributed by atoms with E-state index in [0.717, 1.165) is 6.07 Å². The molecule has 0 amide bonds. The number of sulfone groups is 1. The molecule has 0 aromatic heterocycles. The standard InChI is InChI=1S/C12H16FNO3S/c1-3-11(18(16,17)4-2)12(14-15)9-6-5-7-10(13)8-9/h5-8,11,15H,3-4H2,1-2H3/b14-12-/t11-/m0/s1. The second kappa shape index (κ2) is 5.95. The molecule has 1 aromatic carbocycles. The van der Waals surface area contributed by atoms with Crippen LogP contribution >= 0.6 is 0 Å². The minimum Gasteiger partial charge on any atom is -0.411 e. The Bertz CT molecular complexity index is 540. The van der Waals surface area contributed by atoms with E-state index in [4.69, 9.17) is 5.21 Å². The zero-order valence-electron chi connectivity index (χ0n) is 10.3. The fourth-order valence-corrected chi connectivity index (χ4v) is 3.21. The van der Waals surface area contributed by atoms with Gasteiger partial charge in [-0.1, -0.05) is 31.1 Å². The van der Waals surface area contributed by atoms with Crippen LogP contribution in [0.25, 0.3) is 0 Å². The third-order valence-corrected chi connectivity index (χ3v) is 4.97. The van der Waals surface area contributed by atoms with Crippen LogP contribution in [0.3, 0.4) is 0 Å². The van der Waals surface area contributed by atoms with E-state index in [1.165, 1.54) is 25.1 Å². The van der Waals surface area contributed by atoms with Crippen molar-refractivity contribution < 1.29 is 18.0 Å². The largest absolute Gasteiger partial charge is 0.411 e. The minimum atomic E-state index is -3.40. The molecular formula is C12H16FNO3S. The molecule has 1 aromatic rings. The predicted molar refractivity (Wildman–Crippen MR) is 68.3 cm³/mol. The summed E-state index contributed by atoms with van der Waals surface area (Å²) in [5.74, 6) is -0.558. The van der Waals surface area contributed by atoms with Crippen molar-refractivity contribution in [2.24, 2.45) is 5.16 Å². The Kier molecular flexibility index (Phi) is 4.84. The molecule has 0 saturated carbocycles. The van der Waals surface area contributed by atoms with Crippen LogP contribution in [-0.2, 0) is 9.84 Å². The highest BCUT2D eigenvalue weighted by atomic mass is 32.2. The van der Waals surface area contributed by atoms with Gasteiger partial charge in [0.2, 0.25) is 0 Å². The van der Waals surface area contributed by atoms with E-state index < -0.39 is 20.9 Å². The van der Waals surface area contributed by atoms with Crippen molar-refractivity contribution in [1.29, 1.82) is 0 Å². The van der Waals surface area contributed by atoms with Gasteiger partial charge in [0.1, 0.15) is 16.8 Å². The van der Waals surface area contributed by atoms with Crippen LogP contribution in [0.4, 0.5) is 4.39 Å². The normalized spacial score (nSPS) is 14.5. The molecule has 0 aliphatic rings. The van der Waals surface area contributed by atoms with E-state index in [0.29, 0.717) is 0 Å². The first kappa shape index (κ1) is 14.6. The lowest BCUT2D eigenvalue weighted by molar-refractivity contribution is 0.318. The first-order chi connectivity index (χ1) is 8.46. The summed E-state index contributed by atoms with van der Waals surface area (Å²) in [7, 11) is -3.40. The Morgan fingerprint density at radius 2 is 2.11 bits per heavy atom. The molecule has 100 valence electrons. The molecule has 0 heterocycles. The van der Waals surface area contributed by atoms with Crippen LogP contribution in [0, 0.1) is 5.82 Å². The second-order valence-corrected chi connectivity index (χ2v) is 6.32. The molecule has 1 rings (SSSR count). The Morgan fingerprint density at radius 3 is 2.56 bits per heavy atom. The Morgan fingerprint density at radius 1 is 1.44 bits per heavy atom. The third kappa shape index (κ3) is 3.07. The van der Waals surface area contributed by atoms with E-state index in [9.17, 15) is 12.8 Å². The monoisotopic (exact) mass is 273 g/mol. The average molecular weight is 273 g/mol. The SMILES string of the molecule is CC[C@@H](/C(=N\O)c1cccc(F)c1)S(=O)(=O)CC. The van der Waals surface area contributed by atoms with Gasteiger partial charge in [0.15, 0.2) is 9.84 Å². The van der Waals surface area contributed by atoms with Gasteiger partial charge in [-0.3, -0.25) is 0 Å². The average Bonchev–Trinajstić information content (AvgIpc) is 2.35. The van der Waals surface area contributed by atoms with Crippen LogP contribution in [0.5, 0.6) is 0 Å². The fraction of sp³-hybridized carbons (Fsp3) is 0.417. The minimum absolute atomic E-state index is 0.0150. The van der Waals surface area contributed by atoms with Gasteiger partial charge in [-0.2, -0.15) is 0 Å². The van der Waals surface area contributed by atoms with Gasteiger partial charge in [0.25, 0.3) is 0 Å². The summed E-state index contributed by atoms with van der Waals surface area (Å²) in [6.45, 7) is 3.21. The van der Waals surface area contributed by atoms with Crippen LogP contribution in [0.2, 0.25) is 0 Å². The van der Waals surface area contributed by atoms with E-state index in [2.05, 4.69) is 5.16 Å². The smallest absolute Gasteiger partial charge is 0.158 e. The van der Waals surface area contributed by atoms with Crippen molar-refractivity contribution in [3.8, 4) is 0 Å². The van der Waals surface area contributed by atoms with Crippen LogP contribution < -0.4 is 0 Å². The molecule has 0 unspecified atom stereocenters. The second-order valence-electron chi connectivity index (χ2n) is 3.84. The lowest BCUT2D eigenvalue weighted by Gasteiger charge is -2.16. The molecule has 0 spiro atoms. The van der Waals surface area contributed by atoms with E-state index in [1.807, 2.05) is 0 Å². The van der Waals surface area contributed by atoms with E-state index in [-0.39, 0.29) is 23.4 Å². The zero-order valence-corrected chi connectivity index (χ0v) is 11.1. The molecule has 0 radical (unpaired) electrons. The maximum atomic E-state index is 13.1. The number of benzene rings is 1. The molecule has 0 aliphatic heterocycles. The summed E-state index contributed by atoms with van der Waals surface area (Å²) in [4.78, 5) is 0. The number of rotatable bonds is 5. The van der Waals surface area contributed by atoms with Gasteiger partial charge in [-0.15, -0.1) is 0 Å². The Labute approximate surface area is 106 Å². The van der Waals surface area contributed by atoms with Gasteiger partial charge in [-0.25, -0.2) is 12.8 Å². The van der Waals surface area contributed by atoms with Gasteiger partial charge in [-0.05, 0) is 18.6 Å². The molecule has 1 N–H and O–H groups in total. The Hall–Kier alpha value is -1.43. The van der Waals surface area contributed by atoms with E-state index >= 15 is 0 Å². The Balaban J connectivity index is 3.26. The summed E-state index contributed by atoms with van der Waals surface area (Å²) in [5.41, 5.74) is 0.264. The molecule has 0 fully saturated rings. The maximum absolute atomic E-state index is 13.1. The van der Waals surface area contributed by atoms with Crippen molar-refractivity contribution in [3.05, 3.63) is 35.6 Å². The van der Waals surface area contributed by atoms with Gasteiger partial charge in [0.05, 0.1) is 0 Å². The molecule has 0 aliphatic carbocycles. The highest BCUT2D eigenvalue weighted by Gasteiger charge is 2.29. The number of oxime groups is 1. The fourth-order valence-electron chi connectivity index (χ4n) is 1.77. The molecular weight excluding hydrogens is 257 g/mol. The molecule has 6 heteroatoms. The van der Waals surface area contributed by atoms with Crippen molar-refractivity contribution in [2.75, 3.05) is 5.75 Å². The summed E-state index contributed by atoms with van der Waals surface area (Å²) in [5, 5.41) is 11.2. The number of halogens is 1. The first-order valence-corrected chi connectivity index (χ1v) is 7.37. The number of nitrogens with zero attached hydrogens (tertiary/aromatic N) is 1. The van der Waals surface area contributed by atoms with Gasteiger partial charge >= 0.3 is 0 Å². The number of hydrogen-bond acceptors (Lipinski definition) is 4. The molecule has 0 bridgehead atoms. The highest BCUT2D eigenvalue weighted by molar-refractivity contribution is 7.92. The quantitative estimate of drug-likeness (QED) is 0.508. The first-order valence-electron chi connectivity index (χ1n) is 5.65. The maximum Gasteiger partial charge on any atom is 0.158 e. The number of hydrogen-bond donors (Lipinski definition) is 1.